The van der Waals surface area contributed by atoms with Gasteiger partial charge in [0.2, 0.25) is 6.41 Å². The average Bonchev–Trinajstić information content (AvgIpc) is 2.67. The number of piperazine rings is 1. The first kappa shape index (κ1) is 18.6. The molecule has 1 aromatic rings. The van der Waals surface area contributed by atoms with Crippen molar-refractivity contribution in [1.29, 1.82) is 0 Å². The summed E-state index contributed by atoms with van der Waals surface area (Å²) in [6.45, 7) is 3.07. The highest BCUT2D eigenvalue weighted by Crippen LogP contribution is 2.28. The van der Waals surface area contributed by atoms with E-state index in [1.807, 2.05) is 24.3 Å². The fourth-order valence-corrected chi connectivity index (χ4v) is 2.71. The number of nitrogens with zero attached hydrogens (tertiary/aromatic N) is 2. The maximum absolute atomic E-state index is 12.2. The maximum atomic E-state index is 12.2. The summed E-state index contributed by atoms with van der Waals surface area (Å²) in [4.78, 5) is 37.9. The monoisotopic (exact) mass is 348 g/mol. The lowest BCUT2D eigenvalue weighted by molar-refractivity contribution is -0.146. The van der Waals surface area contributed by atoms with E-state index in [4.69, 9.17) is 4.74 Å². The van der Waals surface area contributed by atoms with Gasteiger partial charge in [-0.25, -0.2) is 0 Å². The molecular weight excluding hydrogens is 324 g/mol. The first-order valence-corrected chi connectivity index (χ1v) is 8.29. The number of rotatable bonds is 7. The van der Waals surface area contributed by atoms with E-state index in [9.17, 15) is 14.4 Å². The van der Waals surface area contributed by atoms with Crippen LogP contribution in [-0.2, 0) is 14.4 Å². The van der Waals surface area contributed by atoms with Crippen LogP contribution in [0.4, 0.5) is 5.69 Å². The van der Waals surface area contributed by atoms with Crippen LogP contribution < -0.4 is 20.3 Å². The highest BCUT2D eigenvalue weighted by atomic mass is 16.5. The van der Waals surface area contributed by atoms with Crippen molar-refractivity contribution in [3.05, 3.63) is 24.3 Å². The minimum Gasteiger partial charge on any atom is -0.495 e. The standard InChI is InChI=1S/C17H24N4O4/c1-25-15-6-3-2-5-14(15)20-9-11-21(12-10-20)17(24)16(23)19-8-4-7-18-13-22/h2-3,5-6,13H,4,7-12H2,1H3,(H,18,22)(H,19,23). The van der Waals surface area contributed by atoms with Crippen LogP contribution in [0.2, 0.25) is 0 Å². The molecule has 1 saturated heterocycles. The van der Waals surface area contributed by atoms with Gasteiger partial charge in [0.05, 0.1) is 12.8 Å². The van der Waals surface area contributed by atoms with E-state index in [2.05, 4.69) is 15.5 Å². The molecule has 1 aromatic carbocycles. The predicted molar refractivity (Wildman–Crippen MR) is 93.5 cm³/mol. The number of carbonyl (C=O) groups excluding carboxylic acids is 3. The summed E-state index contributed by atoms with van der Waals surface area (Å²) in [5.74, 6) is -0.316. The Morgan fingerprint density at radius 1 is 1.16 bits per heavy atom. The van der Waals surface area contributed by atoms with Gasteiger partial charge < -0.3 is 25.2 Å². The number of para-hydroxylation sites is 2. The van der Waals surface area contributed by atoms with Crippen molar-refractivity contribution >= 4 is 23.9 Å². The van der Waals surface area contributed by atoms with Crippen molar-refractivity contribution in [3.63, 3.8) is 0 Å². The molecule has 1 heterocycles. The van der Waals surface area contributed by atoms with Gasteiger partial charge in [0.15, 0.2) is 0 Å². The summed E-state index contributed by atoms with van der Waals surface area (Å²) in [5.41, 5.74) is 0.990. The van der Waals surface area contributed by atoms with Gasteiger partial charge in [-0.3, -0.25) is 14.4 Å². The molecule has 1 aliphatic rings. The number of amides is 3. The number of hydrogen-bond acceptors (Lipinski definition) is 5. The summed E-state index contributed by atoms with van der Waals surface area (Å²) >= 11 is 0. The number of hydrogen-bond donors (Lipinski definition) is 2. The second-order valence-electron chi connectivity index (χ2n) is 5.63. The molecule has 8 nitrogen and oxygen atoms in total. The Hall–Kier alpha value is -2.77. The highest BCUT2D eigenvalue weighted by Gasteiger charge is 2.26. The second-order valence-corrected chi connectivity index (χ2v) is 5.63. The third-order valence-corrected chi connectivity index (χ3v) is 4.05. The molecule has 25 heavy (non-hydrogen) atoms. The van der Waals surface area contributed by atoms with Gasteiger partial charge in [0, 0.05) is 39.3 Å². The van der Waals surface area contributed by atoms with Crippen molar-refractivity contribution in [1.82, 2.24) is 15.5 Å². The lowest BCUT2D eigenvalue weighted by Gasteiger charge is -2.36. The van der Waals surface area contributed by atoms with Gasteiger partial charge in [-0.1, -0.05) is 12.1 Å². The molecule has 0 unspecified atom stereocenters. The number of carbonyl (C=O) groups is 3. The Morgan fingerprint density at radius 2 is 1.88 bits per heavy atom. The number of nitrogens with one attached hydrogen (secondary N) is 2. The molecule has 1 fully saturated rings. The van der Waals surface area contributed by atoms with Gasteiger partial charge in [0.25, 0.3) is 0 Å². The Bertz CT molecular complexity index is 600. The van der Waals surface area contributed by atoms with Crippen LogP contribution in [0.5, 0.6) is 5.75 Å². The largest absolute Gasteiger partial charge is 0.495 e. The molecule has 3 amide bonds. The summed E-state index contributed by atoms with van der Waals surface area (Å²) in [6.07, 6.45) is 1.19. The second kappa shape index (κ2) is 9.51. The van der Waals surface area contributed by atoms with Crippen LogP contribution in [0.15, 0.2) is 24.3 Å². The zero-order valence-corrected chi connectivity index (χ0v) is 14.4. The van der Waals surface area contributed by atoms with Crippen LogP contribution in [-0.4, -0.2) is 69.5 Å². The van der Waals surface area contributed by atoms with E-state index in [0.29, 0.717) is 52.1 Å². The normalized spacial score (nSPS) is 14.0. The van der Waals surface area contributed by atoms with Gasteiger partial charge in [-0.2, -0.15) is 0 Å². The van der Waals surface area contributed by atoms with Crippen molar-refractivity contribution < 1.29 is 19.1 Å². The van der Waals surface area contributed by atoms with Crippen molar-refractivity contribution in [2.75, 3.05) is 51.3 Å². The Morgan fingerprint density at radius 3 is 2.56 bits per heavy atom. The smallest absolute Gasteiger partial charge is 0.312 e. The Labute approximate surface area is 147 Å². The zero-order chi connectivity index (χ0) is 18.1. The highest BCUT2D eigenvalue weighted by molar-refractivity contribution is 6.35. The zero-order valence-electron chi connectivity index (χ0n) is 14.4. The van der Waals surface area contributed by atoms with Crippen molar-refractivity contribution in [3.8, 4) is 5.75 Å². The lowest BCUT2D eigenvalue weighted by Crippen LogP contribution is -2.52. The molecule has 0 atom stereocenters. The number of benzene rings is 1. The van der Waals surface area contributed by atoms with E-state index in [1.165, 1.54) is 0 Å². The summed E-state index contributed by atoms with van der Waals surface area (Å²) < 4.78 is 5.37. The molecule has 136 valence electrons. The van der Waals surface area contributed by atoms with E-state index in [1.54, 1.807) is 12.0 Å². The number of anilines is 1. The molecule has 0 bridgehead atoms. The van der Waals surface area contributed by atoms with Crippen LogP contribution in [0.3, 0.4) is 0 Å². The summed E-state index contributed by atoms with van der Waals surface area (Å²) in [6, 6.07) is 7.75. The SMILES string of the molecule is COc1ccccc1N1CCN(C(=O)C(=O)NCCCNC=O)CC1. The third kappa shape index (κ3) is 5.10. The molecule has 0 spiro atoms. The fourth-order valence-electron chi connectivity index (χ4n) is 2.71. The Kier molecular flexibility index (Phi) is 7.06. The molecule has 1 aliphatic heterocycles. The van der Waals surface area contributed by atoms with E-state index in [-0.39, 0.29) is 0 Å². The van der Waals surface area contributed by atoms with Gasteiger partial charge in [-0.05, 0) is 18.6 Å². The first-order chi connectivity index (χ1) is 12.2. The first-order valence-electron chi connectivity index (χ1n) is 8.29. The molecule has 0 radical (unpaired) electrons. The molecule has 0 aromatic heterocycles. The molecule has 8 heteroatoms. The van der Waals surface area contributed by atoms with Crippen LogP contribution in [0.1, 0.15) is 6.42 Å². The van der Waals surface area contributed by atoms with Crippen molar-refractivity contribution in [2.24, 2.45) is 0 Å². The topological polar surface area (TPSA) is 91.0 Å². The minimum atomic E-state index is -0.600. The van der Waals surface area contributed by atoms with Gasteiger partial charge in [-0.15, -0.1) is 0 Å². The summed E-state index contributed by atoms with van der Waals surface area (Å²) in [7, 11) is 1.63. The van der Waals surface area contributed by atoms with Gasteiger partial charge in [0.1, 0.15) is 5.75 Å². The molecule has 0 aliphatic carbocycles. The van der Waals surface area contributed by atoms with Crippen LogP contribution in [0.25, 0.3) is 0 Å². The third-order valence-electron chi connectivity index (χ3n) is 4.05. The average molecular weight is 348 g/mol. The molecule has 0 saturated carbocycles. The Balaban J connectivity index is 1.80. The summed E-state index contributed by atoms with van der Waals surface area (Å²) in [5, 5.41) is 5.08. The number of ether oxygens (including phenoxy) is 1. The van der Waals surface area contributed by atoms with Gasteiger partial charge >= 0.3 is 11.8 Å². The van der Waals surface area contributed by atoms with Crippen LogP contribution >= 0.6 is 0 Å². The van der Waals surface area contributed by atoms with E-state index in [0.717, 1.165) is 11.4 Å². The van der Waals surface area contributed by atoms with Crippen LogP contribution in [0, 0.1) is 0 Å². The minimum absolute atomic E-state index is 0.354. The molecule has 2 rings (SSSR count). The molecular formula is C17H24N4O4. The lowest BCUT2D eigenvalue weighted by atomic mass is 10.2. The predicted octanol–water partition coefficient (Wildman–Crippen LogP) is -0.404. The molecule has 2 N–H and O–H groups in total. The maximum Gasteiger partial charge on any atom is 0.312 e. The van der Waals surface area contributed by atoms with Crippen molar-refractivity contribution in [2.45, 2.75) is 6.42 Å². The quantitative estimate of drug-likeness (QED) is 0.397. The fraction of sp³-hybridized carbons (Fsp3) is 0.471. The van der Waals surface area contributed by atoms with E-state index < -0.39 is 11.8 Å². The van der Waals surface area contributed by atoms with E-state index >= 15 is 0 Å². The number of methoxy groups -OCH3 is 1.